The summed E-state index contributed by atoms with van der Waals surface area (Å²) in [7, 11) is 4.19. The van der Waals surface area contributed by atoms with Crippen LogP contribution in [0.25, 0.3) is 0 Å². The van der Waals surface area contributed by atoms with E-state index in [1.54, 1.807) is 0 Å². The number of carbonyl (C=O) groups excluding carboxylic acids is 1. The van der Waals surface area contributed by atoms with Gasteiger partial charge in [0, 0.05) is 17.3 Å². The van der Waals surface area contributed by atoms with E-state index in [-0.39, 0.29) is 28.8 Å². The van der Waals surface area contributed by atoms with Crippen molar-refractivity contribution in [2.24, 2.45) is 5.41 Å². The van der Waals surface area contributed by atoms with Crippen LogP contribution in [0.15, 0.2) is 11.8 Å². The van der Waals surface area contributed by atoms with Gasteiger partial charge in [0.05, 0.1) is 0 Å². The highest BCUT2D eigenvalue weighted by Gasteiger charge is 2.40. The number of nitrogens with zero attached hydrogens (tertiary/aromatic N) is 2. The van der Waals surface area contributed by atoms with Crippen molar-refractivity contribution in [3.63, 3.8) is 0 Å². The van der Waals surface area contributed by atoms with Gasteiger partial charge in [-0.2, -0.15) is 0 Å². The van der Waals surface area contributed by atoms with Crippen LogP contribution in [0.1, 0.15) is 47.5 Å². The molecule has 1 unspecified atom stereocenters. The molecule has 0 heterocycles. The SMILES string of the molecule is CC(C)N(C(=O)CCl)C1=CC(C)(N(C)C)CC(C)(C)C1. The molecule has 0 spiro atoms. The monoisotopic (exact) mass is 300 g/mol. The zero-order valence-corrected chi connectivity index (χ0v) is 14.7. The number of rotatable bonds is 4. The van der Waals surface area contributed by atoms with Gasteiger partial charge in [0.1, 0.15) is 5.88 Å². The van der Waals surface area contributed by atoms with Gasteiger partial charge in [-0.1, -0.05) is 13.8 Å². The van der Waals surface area contributed by atoms with Gasteiger partial charge in [0.2, 0.25) is 5.91 Å². The Morgan fingerprint density at radius 3 is 2.30 bits per heavy atom. The van der Waals surface area contributed by atoms with Crippen molar-refractivity contribution >= 4 is 17.5 Å². The predicted octanol–water partition coefficient (Wildman–Crippen LogP) is 3.49. The smallest absolute Gasteiger partial charge is 0.241 e. The van der Waals surface area contributed by atoms with Gasteiger partial charge in [-0.25, -0.2) is 0 Å². The molecular formula is C16H29ClN2O. The average molecular weight is 301 g/mol. The molecule has 0 aliphatic heterocycles. The topological polar surface area (TPSA) is 23.6 Å². The lowest BCUT2D eigenvalue weighted by Crippen LogP contribution is -2.49. The van der Waals surface area contributed by atoms with Crippen LogP contribution >= 0.6 is 11.6 Å². The first-order chi connectivity index (χ1) is 9.02. The van der Waals surface area contributed by atoms with Crippen LogP contribution in [0.2, 0.25) is 0 Å². The van der Waals surface area contributed by atoms with Crippen molar-refractivity contribution < 1.29 is 4.79 Å². The van der Waals surface area contributed by atoms with Crippen molar-refractivity contribution in [1.82, 2.24) is 9.80 Å². The maximum absolute atomic E-state index is 12.2. The molecular weight excluding hydrogens is 272 g/mol. The Kier molecular flexibility index (Phi) is 5.31. The van der Waals surface area contributed by atoms with E-state index in [1.807, 2.05) is 18.7 Å². The molecule has 0 aromatic carbocycles. The van der Waals surface area contributed by atoms with E-state index in [9.17, 15) is 4.79 Å². The van der Waals surface area contributed by atoms with Crippen LogP contribution in [0.4, 0.5) is 0 Å². The highest BCUT2D eigenvalue weighted by molar-refractivity contribution is 6.27. The van der Waals surface area contributed by atoms with Crippen LogP contribution < -0.4 is 0 Å². The van der Waals surface area contributed by atoms with Gasteiger partial charge in [-0.05, 0) is 59.2 Å². The summed E-state index contributed by atoms with van der Waals surface area (Å²) in [5, 5.41) is 0. The minimum atomic E-state index is -0.0309. The molecule has 0 aromatic heterocycles. The fourth-order valence-electron chi connectivity index (χ4n) is 3.27. The summed E-state index contributed by atoms with van der Waals surface area (Å²) in [6.07, 6.45) is 4.25. The van der Waals surface area contributed by atoms with Crippen molar-refractivity contribution in [2.45, 2.75) is 59.0 Å². The minimum absolute atomic E-state index is 0.00766. The summed E-state index contributed by atoms with van der Waals surface area (Å²) < 4.78 is 0. The zero-order valence-electron chi connectivity index (χ0n) is 14.0. The van der Waals surface area contributed by atoms with Crippen LogP contribution in [-0.2, 0) is 4.79 Å². The number of allylic oxidation sites excluding steroid dienone is 1. The lowest BCUT2D eigenvalue weighted by atomic mass is 9.70. The van der Waals surface area contributed by atoms with E-state index in [2.05, 4.69) is 45.8 Å². The molecule has 0 fully saturated rings. The molecule has 0 radical (unpaired) electrons. The quantitative estimate of drug-likeness (QED) is 0.742. The summed E-state index contributed by atoms with van der Waals surface area (Å²) in [5.41, 5.74) is 1.25. The highest BCUT2D eigenvalue weighted by atomic mass is 35.5. The third-order valence-corrected chi connectivity index (χ3v) is 4.43. The standard InChI is InChI=1S/C16H29ClN2O/c1-12(2)19(14(20)10-17)13-8-15(3,4)11-16(5,9-13)18(6)7/h9,12H,8,10-11H2,1-7H3. The summed E-state index contributed by atoms with van der Waals surface area (Å²) in [6, 6.07) is 0.132. The molecule has 1 atom stereocenters. The molecule has 20 heavy (non-hydrogen) atoms. The van der Waals surface area contributed by atoms with Gasteiger partial charge in [-0.15, -0.1) is 11.6 Å². The number of carbonyl (C=O) groups is 1. The van der Waals surface area contributed by atoms with E-state index in [1.165, 1.54) is 0 Å². The second-order valence-electron chi connectivity index (χ2n) is 7.40. The van der Waals surface area contributed by atoms with Gasteiger partial charge < -0.3 is 9.80 Å². The van der Waals surface area contributed by atoms with Gasteiger partial charge in [0.15, 0.2) is 0 Å². The van der Waals surface area contributed by atoms with Crippen LogP contribution in [-0.4, -0.2) is 47.3 Å². The van der Waals surface area contributed by atoms with Gasteiger partial charge in [0.25, 0.3) is 0 Å². The summed E-state index contributed by atoms with van der Waals surface area (Å²) in [4.78, 5) is 16.3. The third kappa shape index (κ3) is 3.76. The Balaban J connectivity index is 3.25. The second kappa shape index (κ2) is 6.07. The molecule has 1 aliphatic rings. The molecule has 0 saturated heterocycles. The third-order valence-electron chi connectivity index (χ3n) is 4.20. The highest BCUT2D eigenvalue weighted by Crippen LogP contribution is 2.43. The fourth-order valence-corrected chi connectivity index (χ4v) is 3.40. The normalized spacial score (nSPS) is 25.8. The summed E-state index contributed by atoms with van der Waals surface area (Å²) in [5.74, 6) is 0.0287. The molecule has 0 bridgehead atoms. The fraction of sp³-hybridized carbons (Fsp3) is 0.812. The van der Waals surface area contributed by atoms with Crippen molar-refractivity contribution in [1.29, 1.82) is 0 Å². The second-order valence-corrected chi connectivity index (χ2v) is 7.66. The van der Waals surface area contributed by atoms with E-state index >= 15 is 0 Å². The average Bonchev–Trinajstić information content (AvgIpc) is 2.25. The molecule has 4 heteroatoms. The van der Waals surface area contributed by atoms with Crippen LogP contribution in [0.5, 0.6) is 0 Å². The number of halogens is 1. The predicted molar refractivity (Wildman–Crippen MR) is 85.9 cm³/mol. The molecule has 3 nitrogen and oxygen atoms in total. The maximum atomic E-state index is 12.2. The Labute approximate surface area is 129 Å². The molecule has 0 saturated carbocycles. The largest absolute Gasteiger partial charge is 0.313 e. The first-order valence-corrected chi connectivity index (χ1v) is 7.83. The van der Waals surface area contributed by atoms with E-state index < -0.39 is 0 Å². The van der Waals surface area contributed by atoms with Crippen LogP contribution in [0, 0.1) is 5.41 Å². The van der Waals surface area contributed by atoms with Crippen LogP contribution in [0.3, 0.4) is 0 Å². The van der Waals surface area contributed by atoms with Gasteiger partial charge >= 0.3 is 0 Å². The number of amides is 1. The van der Waals surface area contributed by atoms with Crippen molar-refractivity contribution in [3.8, 4) is 0 Å². The number of likely N-dealkylation sites (N-methyl/N-ethyl adjacent to an activating group) is 1. The first kappa shape index (κ1) is 17.5. The number of hydrogen-bond donors (Lipinski definition) is 0. The Bertz CT molecular complexity index is 401. The first-order valence-electron chi connectivity index (χ1n) is 7.29. The lowest BCUT2D eigenvalue weighted by molar-refractivity contribution is -0.128. The molecule has 0 N–H and O–H groups in total. The van der Waals surface area contributed by atoms with E-state index in [4.69, 9.17) is 11.6 Å². The molecule has 1 rings (SSSR count). The van der Waals surface area contributed by atoms with Gasteiger partial charge in [-0.3, -0.25) is 4.79 Å². The Morgan fingerprint density at radius 2 is 1.90 bits per heavy atom. The van der Waals surface area contributed by atoms with Crippen molar-refractivity contribution in [3.05, 3.63) is 11.8 Å². The Hall–Kier alpha value is -0.540. The zero-order chi connectivity index (χ0) is 15.7. The molecule has 1 amide bonds. The van der Waals surface area contributed by atoms with Crippen molar-refractivity contribution in [2.75, 3.05) is 20.0 Å². The number of alkyl halides is 1. The lowest BCUT2D eigenvalue weighted by Gasteiger charge is -2.47. The molecule has 0 aromatic rings. The van der Waals surface area contributed by atoms with E-state index in [0.29, 0.717) is 0 Å². The molecule has 116 valence electrons. The van der Waals surface area contributed by atoms with E-state index in [0.717, 1.165) is 18.5 Å². The number of hydrogen-bond acceptors (Lipinski definition) is 2. The summed E-state index contributed by atoms with van der Waals surface area (Å²) in [6.45, 7) is 10.9. The maximum Gasteiger partial charge on any atom is 0.241 e. The molecule has 1 aliphatic carbocycles. The minimum Gasteiger partial charge on any atom is -0.313 e. The Morgan fingerprint density at radius 1 is 1.35 bits per heavy atom. The summed E-state index contributed by atoms with van der Waals surface area (Å²) >= 11 is 5.79.